The van der Waals surface area contributed by atoms with Gasteiger partial charge in [-0.25, -0.2) is 8.78 Å². The third kappa shape index (κ3) is 3.42. The minimum absolute atomic E-state index is 0.134. The fourth-order valence-corrected chi connectivity index (χ4v) is 3.18. The molecule has 0 amide bonds. The first kappa shape index (κ1) is 15.1. The molecule has 0 heterocycles. The zero-order chi connectivity index (χ0) is 14.7. The minimum atomic E-state index is -1.49. The normalized spacial score (nSPS) is 12.4. The summed E-state index contributed by atoms with van der Waals surface area (Å²) in [6, 6.07) is 8.44. The van der Waals surface area contributed by atoms with E-state index in [9.17, 15) is 13.0 Å². The van der Waals surface area contributed by atoms with Crippen LogP contribution in [0.3, 0.4) is 0 Å². The van der Waals surface area contributed by atoms with Crippen LogP contribution in [-0.4, -0.2) is 4.21 Å². The molecule has 0 aliphatic rings. The average molecular weight is 316 g/mol. The second kappa shape index (κ2) is 6.43. The van der Waals surface area contributed by atoms with Crippen molar-refractivity contribution >= 4 is 22.4 Å². The third-order valence-electron chi connectivity index (χ3n) is 2.79. The van der Waals surface area contributed by atoms with Gasteiger partial charge < -0.3 is 5.73 Å². The van der Waals surface area contributed by atoms with E-state index >= 15 is 0 Å². The van der Waals surface area contributed by atoms with Crippen molar-refractivity contribution in [2.45, 2.75) is 17.2 Å². The maximum Gasteiger partial charge on any atom is 0.160 e. The quantitative estimate of drug-likeness (QED) is 0.940. The van der Waals surface area contributed by atoms with Crippen molar-refractivity contribution in [3.8, 4) is 0 Å². The van der Waals surface area contributed by atoms with Crippen LogP contribution in [0.1, 0.15) is 11.1 Å². The zero-order valence-corrected chi connectivity index (χ0v) is 12.0. The lowest BCUT2D eigenvalue weighted by molar-refractivity contribution is 0.505. The molecule has 0 aliphatic carbocycles. The lowest BCUT2D eigenvalue weighted by Gasteiger charge is -2.07. The maximum absolute atomic E-state index is 13.1. The summed E-state index contributed by atoms with van der Waals surface area (Å²) < 4.78 is 38.1. The van der Waals surface area contributed by atoms with E-state index in [1.807, 2.05) is 0 Å². The first-order valence-electron chi connectivity index (χ1n) is 5.82. The van der Waals surface area contributed by atoms with Gasteiger partial charge in [0.1, 0.15) is 0 Å². The van der Waals surface area contributed by atoms with Gasteiger partial charge in [-0.15, -0.1) is 0 Å². The SMILES string of the molecule is NCc1ccc(CS(=O)c2ccc(F)c(F)c2)c(Cl)c1. The topological polar surface area (TPSA) is 43.1 Å². The second-order valence-electron chi connectivity index (χ2n) is 4.20. The summed E-state index contributed by atoms with van der Waals surface area (Å²) in [4.78, 5) is 0.225. The van der Waals surface area contributed by atoms with E-state index in [0.717, 1.165) is 17.7 Å². The summed E-state index contributed by atoms with van der Waals surface area (Å²) in [7, 11) is -1.49. The van der Waals surface area contributed by atoms with Crippen molar-refractivity contribution in [1.29, 1.82) is 0 Å². The second-order valence-corrected chi connectivity index (χ2v) is 6.05. The standard InChI is InChI=1S/C14H12ClF2NOS/c15-12-5-9(7-18)1-2-10(12)8-20(19)11-3-4-13(16)14(17)6-11/h1-6H,7-8,18H2. The summed E-state index contributed by atoms with van der Waals surface area (Å²) in [6.45, 7) is 0.367. The van der Waals surface area contributed by atoms with Crippen molar-refractivity contribution in [1.82, 2.24) is 0 Å². The van der Waals surface area contributed by atoms with Crippen molar-refractivity contribution in [3.63, 3.8) is 0 Å². The Morgan fingerprint density at radius 3 is 2.45 bits per heavy atom. The highest BCUT2D eigenvalue weighted by atomic mass is 35.5. The van der Waals surface area contributed by atoms with Crippen LogP contribution in [0.25, 0.3) is 0 Å². The van der Waals surface area contributed by atoms with E-state index in [0.29, 0.717) is 17.1 Å². The zero-order valence-electron chi connectivity index (χ0n) is 10.4. The summed E-state index contributed by atoms with van der Waals surface area (Å²) in [5.74, 6) is -1.84. The predicted octanol–water partition coefficient (Wildman–Crippen LogP) is 3.38. The Hall–Kier alpha value is -1.30. The van der Waals surface area contributed by atoms with Crippen LogP contribution in [0.15, 0.2) is 41.3 Å². The Labute approximate surface area is 123 Å². The molecule has 2 N–H and O–H groups in total. The van der Waals surface area contributed by atoms with E-state index in [1.54, 1.807) is 18.2 Å². The summed E-state index contributed by atoms with van der Waals surface area (Å²) in [5.41, 5.74) is 7.04. The molecule has 0 spiro atoms. The minimum Gasteiger partial charge on any atom is -0.326 e. The Kier molecular flexibility index (Phi) is 4.86. The molecule has 0 fully saturated rings. The van der Waals surface area contributed by atoms with Gasteiger partial charge >= 0.3 is 0 Å². The van der Waals surface area contributed by atoms with Gasteiger partial charge in [0.25, 0.3) is 0 Å². The monoisotopic (exact) mass is 315 g/mol. The highest BCUT2D eigenvalue weighted by molar-refractivity contribution is 7.84. The first-order chi connectivity index (χ1) is 9.51. The van der Waals surface area contributed by atoms with Crippen molar-refractivity contribution in [2.24, 2.45) is 5.73 Å². The molecule has 0 aromatic heterocycles. The molecule has 106 valence electrons. The van der Waals surface area contributed by atoms with Crippen LogP contribution in [0.2, 0.25) is 5.02 Å². The van der Waals surface area contributed by atoms with E-state index in [-0.39, 0.29) is 10.6 Å². The first-order valence-corrected chi connectivity index (χ1v) is 7.51. The molecule has 20 heavy (non-hydrogen) atoms. The molecular formula is C14H12ClF2NOS. The number of halogens is 3. The molecule has 2 nitrogen and oxygen atoms in total. The smallest absolute Gasteiger partial charge is 0.160 e. The molecule has 1 atom stereocenters. The van der Waals surface area contributed by atoms with Gasteiger partial charge in [-0.2, -0.15) is 0 Å². The van der Waals surface area contributed by atoms with Gasteiger partial charge in [-0.3, -0.25) is 4.21 Å². The summed E-state index contributed by atoms with van der Waals surface area (Å²) >= 11 is 6.07. The van der Waals surface area contributed by atoms with Gasteiger partial charge in [0, 0.05) is 16.5 Å². The van der Waals surface area contributed by atoms with Crippen LogP contribution < -0.4 is 5.73 Å². The van der Waals surface area contributed by atoms with E-state index in [1.165, 1.54) is 6.07 Å². The lowest BCUT2D eigenvalue weighted by atomic mass is 10.1. The molecule has 1 unspecified atom stereocenters. The number of benzene rings is 2. The average Bonchev–Trinajstić information content (AvgIpc) is 2.43. The van der Waals surface area contributed by atoms with Crippen LogP contribution >= 0.6 is 11.6 Å². The number of hydrogen-bond donors (Lipinski definition) is 1. The van der Waals surface area contributed by atoms with Gasteiger partial charge in [0.2, 0.25) is 0 Å². The molecule has 0 saturated carbocycles. The van der Waals surface area contributed by atoms with Crippen molar-refractivity contribution in [3.05, 3.63) is 64.2 Å². The maximum atomic E-state index is 13.1. The molecule has 0 bridgehead atoms. The van der Waals surface area contributed by atoms with Crippen molar-refractivity contribution < 1.29 is 13.0 Å². The Bertz CT molecular complexity index is 664. The van der Waals surface area contributed by atoms with Crippen molar-refractivity contribution in [2.75, 3.05) is 0 Å². The molecule has 0 radical (unpaired) electrons. The summed E-state index contributed by atoms with van der Waals surface area (Å²) in [5, 5.41) is 0.462. The predicted molar refractivity (Wildman–Crippen MR) is 75.8 cm³/mol. The van der Waals surface area contributed by atoms with Crippen LogP contribution in [0.4, 0.5) is 8.78 Å². The Morgan fingerprint density at radius 2 is 1.85 bits per heavy atom. The number of hydrogen-bond acceptors (Lipinski definition) is 2. The molecule has 2 aromatic carbocycles. The van der Waals surface area contributed by atoms with Gasteiger partial charge in [0.15, 0.2) is 11.6 Å². The lowest BCUT2D eigenvalue weighted by Crippen LogP contribution is -2.01. The third-order valence-corrected chi connectivity index (χ3v) is 4.50. The molecule has 2 aromatic rings. The van der Waals surface area contributed by atoms with Crippen LogP contribution in [-0.2, 0) is 23.1 Å². The largest absolute Gasteiger partial charge is 0.326 e. The molecule has 2 rings (SSSR count). The highest BCUT2D eigenvalue weighted by Gasteiger charge is 2.11. The van der Waals surface area contributed by atoms with Crippen LogP contribution in [0.5, 0.6) is 0 Å². The van der Waals surface area contributed by atoms with E-state index < -0.39 is 22.4 Å². The van der Waals surface area contributed by atoms with Gasteiger partial charge in [-0.05, 0) is 35.4 Å². The molecule has 6 heteroatoms. The fraction of sp³-hybridized carbons (Fsp3) is 0.143. The highest BCUT2D eigenvalue weighted by Crippen LogP contribution is 2.22. The number of nitrogens with two attached hydrogens (primary N) is 1. The Balaban J connectivity index is 2.21. The summed E-state index contributed by atoms with van der Waals surface area (Å²) in [6.07, 6.45) is 0. The fourth-order valence-electron chi connectivity index (χ4n) is 1.68. The molecule has 0 saturated heterocycles. The molecular weight excluding hydrogens is 304 g/mol. The van der Waals surface area contributed by atoms with Gasteiger partial charge in [-0.1, -0.05) is 23.7 Å². The van der Waals surface area contributed by atoms with Crippen LogP contribution in [0, 0.1) is 11.6 Å². The van der Waals surface area contributed by atoms with E-state index in [4.69, 9.17) is 17.3 Å². The van der Waals surface area contributed by atoms with E-state index in [2.05, 4.69) is 0 Å². The molecule has 0 aliphatic heterocycles. The number of rotatable bonds is 4. The Morgan fingerprint density at radius 1 is 1.10 bits per heavy atom. The van der Waals surface area contributed by atoms with Gasteiger partial charge in [0.05, 0.1) is 16.6 Å².